The molecule has 1 fully saturated rings. The molecule has 1 aromatic carbocycles. The Bertz CT molecular complexity index is 832. The van der Waals surface area contributed by atoms with Crippen LogP contribution in [0.15, 0.2) is 18.2 Å². The summed E-state index contributed by atoms with van der Waals surface area (Å²) in [7, 11) is 0. The molecule has 152 valence electrons. The summed E-state index contributed by atoms with van der Waals surface area (Å²) in [6.07, 6.45) is -0.644. The number of nitrogen functional groups attached to an aromatic ring is 1. The van der Waals surface area contributed by atoms with Gasteiger partial charge in [0.15, 0.2) is 0 Å². The number of carbonyl (C=O) groups excluding carboxylic acids is 3. The number of benzene rings is 1. The first-order chi connectivity index (χ1) is 13.0. The average Bonchev–Trinajstić information content (AvgIpc) is 2.98. The van der Waals surface area contributed by atoms with Crippen molar-refractivity contribution in [2.24, 2.45) is 17.8 Å². The van der Waals surface area contributed by atoms with Crippen LogP contribution in [0.2, 0.25) is 0 Å². The van der Waals surface area contributed by atoms with Crippen LogP contribution < -0.4 is 16.4 Å². The van der Waals surface area contributed by atoms with Crippen molar-refractivity contribution in [1.82, 2.24) is 5.32 Å². The number of alkyl carbamates (subject to hydrolysis) is 1. The minimum absolute atomic E-state index is 0.0113. The number of carbonyl (C=O) groups is 3. The lowest BCUT2D eigenvalue weighted by Crippen LogP contribution is -2.46. The Labute approximate surface area is 163 Å². The van der Waals surface area contributed by atoms with E-state index in [-0.39, 0.29) is 24.8 Å². The number of nitrogens with two attached hydrogens (primary N) is 1. The number of nitrogens with one attached hydrogen (secondary N) is 2. The third-order valence-electron chi connectivity index (χ3n) is 5.72. The molecular weight excluding hydrogens is 362 g/mol. The minimum atomic E-state index is -1.19. The fourth-order valence-corrected chi connectivity index (χ4v) is 4.58. The van der Waals surface area contributed by atoms with Crippen LogP contribution in [0, 0.1) is 17.8 Å². The van der Waals surface area contributed by atoms with Crippen molar-refractivity contribution >= 4 is 29.2 Å². The molecule has 1 aliphatic carbocycles. The van der Waals surface area contributed by atoms with E-state index in [1.807, 2.05) is 0 Å². The molecule has 5 N–H and O–H groups in total. The van der Waals surface area contributed by atoms with Crippen LogP contribution in [0.4, 0.5) is 16.2 Å². The number of hydrogen-bond donors (Lipinski definition) is 4. The van der Waals surface area contributed by atoms with Crippen molar-refractivity contribution in [3.05, 3.63) is 23.8 Å². The Balaban J connectivity index is 1.92. The van der Waals surface area contributed by atoms with E-state index < -0.39 is 34.9 Å². The van der Waals surface area contributed by atoms with Gasteiger partial charge in [0.2, 0.25) is 5.91 Å². The maximum Gasteiger partial charge on any atom is 0.407 e. The molecule has 4 atom stereocenters. The zero-order chi connectivity index (χ0) is 20.9. The molecule has 28 heavy (non-hydrogen) atoms. The molecule has 2 amide bonds. The van der Waals surface area contributed by atoms with Crippen molar-refractivity contribution < 1.29 is 24.2 Å². The number of hydrogen-bond acceptors (Lipinski definition) is 6. The SMILES string of the molecule is C[C@H]1C(=O)[C@@H](CNC(=O)OC(C)(C)C)[C@H](CO)[C@]12C(=O)Nc1cc(N)ccc12. The number of rotatable bonds is 3. The van der Waals surface area contributed by atoms with Gasteiger partial charge in [-0.2, -0.15) is 0 Å². The highest BCUT2D eigenvalue weighted by Gasteiger charge is 2.65. The summed E-state index contributed by atoms with van der Waals surface area (Å²) in [5, 5.41) is 15.6. The van der Waals surface area contributed by atoms with Gasteiger partial charge in [0, 0.05) is 42.3 Å². The van der Waals surface area contributed by atoms with E-state index in [0.29, 0.717) is 16.9 Å². The van der Waals surface area contributed by atoms with Gasteiger partial charge in [-0.25, -0.2) is 4.79 Å². The topological polar surface area (TPSA) is 131 Å². The molecule has 0 bridgehead atoms. The van der Waals surface area contributed by atoms with Crippen molar-refractivity contribution in [3.63, 3.8) is 0 Å². The molecule has 2 aliphatic rings. The molecular formula is C20H27N3O5. The Morgan fingerprint density at radius 2 is 2.04 bits per heavy atom. The monoisotopic (exact) mass is 389 g/mol. The van der Waals surface area contributed by atoms with Crippen LogP contribution in [0.25, 0.3) is 0 Å². The van der Waals surface area contributed by atoms with Crippen molar-refractivity contribution in [3.8, 4) is 0 Å². The van der Waals surface area contributed by atoms with E-state index in [9.17, 15) is 19.5 Å². The zero-order valence-electron chi connectivity index (χ0n) is 16.5. The predicted molar refractivity (Wildman–Crippen MR) is 104 cm³/mol. The number of aliphatic hydroxyl groups excluding tert-OH is 1. The lowest BCUT2D eigenvalue weighted by atomic mass is 9.67. The van der Waals surface area contributed by atoms with Gasteiger partial charge in [0.1, 0.15) is 11.4 Å². The number of aliphatic hydroxyl groups is 1. The Morgan fingerprint density at radius 3 is 2.64 bits per heavy atom. The molecule has 8 heteroatoms. The summed E-state index contributed by atoms with van der Waals surface area (Å²) in [6, 6.07) is 5.07. The van der Waals surface area contributed by atoms with Crippen molar-refractivity contribution in [2.45, 2.75) is 38.7 Å². The third-order valence-corrected chi connectivity index (χ3v) is 5.72. The minimum Gasteiger partial charge on any atom is -0.444 e. The first-order valence-electron chi connectivity index (χ1n) is 9.35. The summed E-state index contributed by atoms with van der Waals surface area (Å²) >= 11 is 0. The number of anilines is 2. The molecule has 1 saturated carbocycles. The van der Waals surface area contributed by atoms with Crippen LogP contribution in [-0.2, 0) is 19.7 Å². The summed E-state index contributed by atoms with van der Waals surface area (Å²) in [6.45, 7) is 6.55. The van der Waals surface area contributed by atoms with Gasteiger partial charge >= 0.3 is 6.09 Å². The lowest BCUT2D eigenvalue weighted by molar-refractivity contribution is -0.128. The molecule has 0 saturated heterocycles. The van der Waals surface area contributed by atoms with E-state index in [4.69, 9.17) is 10.5 Å². The largest absolute Gasteiger partial charge is 0.444 e. The standard InChI is InChI=1S/C20H27N3O5/c1-10-16(25)12(8-22-18(27)28-19(2,3)4)14(9-24)20(10)13-6-5-11(21)7-15(13)23-17(20)26/h5-7,10,12,14,24H,8-9,21H2,1-4H3,(H,22,27)(H,23,26)/t10-,12-,14-,20-/m0/s1. The smallest absolute Gasteiger partial charge is 0.407 e. The van der Waals surface area contributed by atoms with E-state index >= 15 is 0 Å². The van der Waals surface area contributed by atoms with Crippen LogP contribution in [-0.4, -0.2) is 41.6 Å². The zero-order valence-corrected chi connectivity index (χ0v) is 16.5. The predicted octanol–water partition coefficient (Wildman–Crippen LogP) is 1.43. The quantitative estimate of drug-likeness (QED) is 0.579. The number of amides is 2. The Morgan fingerprint density at radius 1 is 1.36 bits per heavy atom. The van der Waals surface area contributed by atoms with Crippen LogP contribution in [0.3, 0.4) is 0 Å². The maximum atomic E-state index is 13.0. The molecule has 3 rings (SSSR count). The van der Waals surface area contributed by atoms with Crippen LogP contribution in [0.5, 0.6) is 0 Å². The number of ketones is 1. The maximum absolute atomic E-state index is 13.0. The fourth-order valence-electron chi connectivity index (χ4n) is 4.58. The molecule has 1 aliphatic heterocycles. The molecule has 8 nitrogen and oxygen atoms in total. The molecule has 1 heterocycles. The van der Waals surface area contributed by atoms with Gasteiger partial charge in [-0.1, -0.05) is 13.0 Å². The molecule has 0 unspecified atom stereocenters. The molecule has 1 aromatic rings. The highest BCUT2D eigenvalue weighted by atomic mass is 16.6. The van der Waals surface area contributed by atoms with Gasteiger partial charge in [0.25, 0.3) is 0 Å². The van der Waals surface area contributed by atoms with E-state index in [0.717, 1.165) is 0 Å². The van der Waals surface area contributed by atoms with Gasteiger partial charge in [-0.3, -0.25) is 9.59 Å². The highest BCUT2D eigenvalue weighted by Crippen LogP contribution is 2.56. The summed E-state index contributed by atoms with van der Waals surface area (Å²) in [5.41, 5.74) is 5.68. The van der Waals surface area contributed by atoms with E-state index in [1.54, 1.807) is 45.9 Å². The normalized spacial score (nSPS) is 29.0. The summed E-state index contributed by atoms with van der Waals surface area (Å²) in [5.74, 6) is -2.53. The molecule has 1 spiro atoms. The Kier molecular flexibility index (Phi) is 4.87. The number of ether oxygens (including phenoxy) is 1. The lowest BCUT2D eigenvalue weighted by Gasteiger charge is -2.33. The first-order valence-corrected chi connectivity index (χ1v) is 9.35. The average molecular weight is 389 g/mol. The van der Waals surface area contributed by atoms with E-state index in [1.165, 1.54) is 0 Å². The highest BCUT2D eigenvalue weighted by molar-refractivity contribution is 6.12. The fraction of sp³-hybridized carbons (Fsp3) is 0.550. The van der Waals surface area contributed by atoms with Crippen molar-refractivity contribution in [2.75, 3.05) is 24.2 Å². The third kappa shape index (κ3) is 3.01. The second-order valence-corrected chi connectivity index (χ2v) is 8.53. The van der Waals surface area contributed by atoms with Gasteiger partial charge in [-0.15, -0.1) is 0 Å². The van der Waals surface area contributed by atoms with Gasteiger partial charge < -0.3 is 26.2 Å². The van der Waals surface area contributed by atoms with Crippen molar-refractivity contribution in [1.29, 1.82) is 0 Å². The van der Waals surface area contributed by atoms with Gasteiger partial charge in [-0.05, 0) is 38.5 Å². The molecule has 0 aromatic heterocycles. The number of Topliss-reactive ketones (excluding diaryl/α,β-unsaturated/α-hetero) is 1. The second kappa shape index (κ2) is 6.77. The Hall–Kier alpha value is -2.61. The van der Waals surface area contributed by atoms with Crippen LogP contribution >= 0.6 is 0 Å². The summed E-state index contributed by atoms with van der Waals surface area (Å²) in [4.78, 5) is 38.1. The summed E-state index contributed by atoms with van der Waals surface area (Å²) < 4.78 is 5.22. The second-order valence-electron chi connectivity index (χ2n) is 8.53. The number of fused-ring (bicyclic) bond motifs is 2. The van der Waals surface area contributed by atoms with E-state index in [2.05, 4.69) is 10.6 Å². The molecule has 0 radical (unpaired) electrons. The first kappa shape index (κ1) is 20.1. The van der Waals surface area contributed by atoms with Crippen LogP contribution in [0.1, 0.15) is 33.3 Å². The van der Waals surface area contributed by atoms with Gasteiger partial charge in [0.05, 0.1) is 5.41 Å².